The van der Waals surface area contributed by atoms with E-state index in [9.17, 15) is 0 Å². The van der Waals surface area contributed by atoms with Crippen molar-refractivity contribution in [3.63, 3.8) is 0 Å². The summed E-state index contributed by atoms with van der Waals surface area (Å²) in [6.07, 6.45) is 0.899. The van der Waals surface area contributed by atoms with Crippen molar-refractivity contribution in [1.82, 2.24) is 9.97 Å². The molecule has 0 fully saturated rings. The lowest BCUT2D eigenvalue weighted by molar-refractivity contribution is 0.415. The lowest BCUT2D eigenvalue weighted by atomic mass is 10.1. The number of aryl methyl sites for hydroxylation is 1. The Morgan fingerprint density at radius 2 is 1.92 bits per heavy atom. The summed E-state index contributed by atoms with van der Waals surface area (Å²) < 4.78 is 7.53. The Labute approximate surface area is 165 Å². The first-order valence-electron chi connectivity index (χ1n) is 8.26. The van der Waals surface area contributed by atoms with Crippen LogP contribution in [-0.4, -0.2) is 17.1 Å². The smallest absolute Gasteiger partial charge is 0.151 e. The van der Waals surface area contributed by atoms with Crippen molar-refractivity contribution in [3.8, 4) is 5.75 Å². The number of ether oxygens (including phenoxy) is 1. The Kier molecular flexibility index (Phi) is 5.24. The van der Waals surface area contributed by atoms with Crippen LogP contribution in [0.5, 0.6) is 5.75 Å². The second kappa shape index (κ2) is 7.78. The van der Waals surface area contributed by atoms with Crippen molar-refractivity contribution in [2.45, 2.75) is 23.4 Å². The molecule has 0 aliphatic rings. The summed E-state index contributed by atoms with van der Waals surface area (Å²) in [4.78, 5) is 9.48. The maximum atomic E-state index is 5.27. The van der Waals surface area contributed by atoms with Crippen LogP contribution in [-0.2, 0) is 12.2 Å². The topological polar surface area (TPSA) is 35.0 Å². The van der Waals surface area contributed by atoms with E-state index in [1.807, 2.05) is 12.1 Å². The van der Waals surface area contributed by atoms with E-state index >= 15 is 0 Å². The molecular weight excluding hydrogens is 380 g/mol. The third-order valence-corrected chi connectivity index (χ3v) is 7.10. The van der Waals surface area contributed by atoms with Gasteiger partial charge in [0.25, 0.3) is 0 Å². The van der Waals surface area contributed by atoms with Gasteiger partial charge >= 0.3 is 0 Å². The quantitative estimate of drug-likeness (QED) is 0.376. The van der Waals surface area contributed by atoms with Gasteiger partial charge in [-0.15, -0.1) is 22.7 Å². The third-order valence-electron chi connectivity index (χ3n) is 3.99. The number of aromatic nitrogens is 2. The summed E-state index contributed by atoms with van der Waals surface area (Å²) in [5, 5.41) is 3.32. The number of thioether (sulfide) groups is 1. The molecule has 0 amide bonds. The van der Waals surface area contributed by atoms with Gasteiger partial charge < -0.3 is 4.74 Å². The summed E-state index contributed by atoms with van der Waals surface area (Å²) in [6.45, 7) is 2.11. The van der Waals surface area contributed by atoms with Crippen LogP contribution < -0.4 is 4.74 Å². The fourth-order valence-corrected chi connectivity index (χ4v) is 5.46. The Hall–Kier alpha value is -1.89. The molecule has 26 heavy (non-hydrogen) atoms. The highest BCUT2D eigenvalue weighted by Gasteiger charge is 2.08. The molecule has 2 aromatic heterocycles. The van der Waals surface area contributed by atoms with E-state index in [4.69, 9.17) is 14.7 Å². The van der Waals surface area contributed by atoms with Crippen LogP contribution in [0.4, 0.5) is 0 Å². The molecule has 0 aliphatic heterocycles. The van der Waals surface area contributed by atoms with Gasteiger partial charge in [-0.1, -0.05) is 41.6 Å². The van der Waals surface area contributed by atoms with Crippen molar-refractivity contribution in [2.75, 3.05) is 7.11 Å². The maximum absolute atomic E-state index is 5.27. The minimum atomic E-state index is 0.847. The van der Waals surface area contributed by atoms with Gasteiger partial charge in [-0.3, -0.25) is 0 Å². The Balaban J connectivity index is 1.40. The molecule has 0 saturated carbocycles. The Morgan fingerprint density at radius 3 is 2.73 bits per heavy atom. The SMILES string of the molecule is COc1ccc2sc(SCc3csc(Cc4ccc(C)cc4)n3)nc2c1. The first-order chi connectivity index (χ1) is 12.7. The molecule has 0 saturated heterocycles. The van der Waals surface area contributed by atoms with Crippen LogP contribution in [0.3, 0.4) is 0 Å². The lowest BCUT2D eigenvalue weighted by Gasteiger charge is -1.98. The highest BCUT2D eigenvalue weighted by atomic mass is 32.2. The second-order valence-corrected chi connectivity index (χ2v) is 9.19. The van der Waals surface area contributed by atoms with Crippen LogP contribution >= 0.6 is 34.4 Å². The summed E-state index contributed by atoms with van der Waals surface area (Å²) in [5.41, 5.74) is 4.72. The van der Waals surface area contributed by atoms with Crippen molar-refractivity contribution in [2.24, 2.45) is 0 Å². The zero-order valence-electron chi connectivity index (χ0n) is 14.6. The predicted molar refractivity (Wildman–Crippen MR) is 112 cm³/mol. The number of methoxy groups -OCH3 is 1. The Bertz CT molecular complexity index is 1020. The average Bonchev–Trinajstić information content (AvgIpc) is 3.27. The zero-order valence-corrected chi connectivity index (χ0v) is 17.0. The van der Waals surface area contributed by atoms with Gasteiger partial charge in [0, 0.05) is 23.6 Å². The van der Waals surface area contributed by atoms with E-state index in [-0.39, 0.29) is 0 Å². The monoisotopic (exact) mass is 398 g/mol. The van der Waals surface area contributed by atoms with Crippen molar-refractivity contribution in [3.05, 3.63) is 69.7 Å². The molecule has 0 bridgehead atoms. The maximum Gasteiger partial charge on any atom is 0.151 e. The van der Waals surface area contributed by atoms with Crippen LogP contribution in [0.25, 0.3) is 10.2 Å². The molecule has 4 rings (SSSR count). The first-order valence-corrected chi connectivity index (χ1v) is 10.9. The molecule has 0 unspecified atom stereocenters. The number of fused-ring (bicyclic) bond motifs is 1. The molecule has 0 atom stereocenters. The second-order valence-electron chi connectivity index (χ2n) is 6.00. The summed E-state index contributed by atoms with van der Waals surface area (Å²) in [6, 6.07) is 14.7. The highest BCUT2D eigenvalue weighted by molar-refractivity contribution is 8.00. The fraction of sp³-hybridized carbons (Fsp3) is 0.200. The van der Waals surface area contributed by atoms with Gasteiger partial charge in [0.2, 0.25) is 0 Å². The Morgan fingerprint density at radius 1 is 1.08 bits per heavy atom. The number of hydrogen-bond acceptors (Lipinski definition) is 6. The van der Waals surface area contributed by atoms with Crippen molar-refractivity contribution < 1.29 is 4.74 Å². The van der Waals surface area contributed by atoms with Gasteiger partial charge in [0.05, 0.1) is 28.0 Å². The zero-order chi connectivity index (χ0) is 17.9. The molecular formula is C20H18N2OS3. The lowest BCUT2D eigenvalue weighted by Crippen LogP contribution is -1.88. The standard InChI is InChI=1S/C20H18N2OS3/c1-13-3-5-14(6-4-13)9-19-21-15(11-24-19)12-25-20-22-17-10-16(23-2)7-8-18(17)26-20/h3-8,10-11H,9,12H2,1-2H3. The highest BCUT2D eigenvalue weighted by Crippen LogP contribution is 2.33. The molecule has 2 aromatic carbocycles. The third kappa shape index (κ3) is 4.09. The minimum Gasteiger partial charge on any atom is -0.497 e. The van der Waals surface area contributed by atoms with Crippen molar-refractivity contribution in [1.29, 1.82) is 0 Å². The van der Waals surface area contributed by atoms with Crippen molar-refractivity contribution >= 4 is 44.7 Å². The molecule has 0 aliphatic carbocycles. The number of benzene rings is 2. The van der Waals surface area contributed by atoms with Gasteiger partial charge in [0.1, 0.15) is 5.75 Å². The largest absolute Gasteiger partial charge is 0.497 e. The van der Waals surface area contributed by atoms with E-state index in [1.54, 1.807) is 41.5 Å². The molecule has 0 spiro atoms. The summed E-state index contributed by atoms with van der Waals surface area (Å²) in [5.74, 6) is 1.70. The predicted octanol–water partition coefficient (Wildman–Crippen LogP) is 5.95. The number of thiazole rings is 2. The van der Waals surface area contributed by atoms with E-state index < -0.39 is 0 Å². The summed E-state index contributed by atoms with van der Waals surface area (Å²) >= 11 is 5.20. The van der Waals surface area contributed by atoms with E-state index in [1.165, 1.54) is 20.8 Å². The van der Waals surface area contributed by atoms with Gasteiger partial charge in [-0.25, -0.2) is 9.97 Å². The van der Waals surface area contributed by atoms with Crippen LogP contribution in [0.2, 0.25) is 0 Å². The first kappa shape index (κ1) is 17.5. The molecule has 0 radical (unpaired) electrons. The molecule has 4 aromatic rings. The van der Waals surface area contributed by atoms with Crippen LogP contribution in [0.1, 0.15) is 21.8 Å². The van der Waals surface area contributed by atoms with Gasteiger partial charge in [-0.05, 0) is 24.6 Å². The van der Waals surface area contributed by atoms with Gasteiger partial charge in [0.15, 0.2) is 4.34 Å². The van der Waals surface area contributed by atoms with E-state index in [0.29, 0.717) is 0 Å². The van der Waals surface area contributed by atoms with E-state index in [2.05, 4.69) is 42.6 Å². The number of nitrogens with zero attached hydrogens (tertiary/aromatic N) is 2. The van der Waals surface area contributed by atoms with E-state index in [0.717, 1.165) is 33.5 Å². The number of rotatable bonds is 6. The minimum absolute atomic E-state index is 0.847. The van der Waals surface area contributed by atoms with Crippen LogP contribution in [0.15, 0.2) is 52.2 Å². The summed E-state index contributed by atoms with van der Waals surface area (Å²) in [7, 11) is 1.68. The average molecular weight is 399 g/mol. The fourth-order valence-electron chi connectivity index (χ4n) is 2.59. The molecule has 3 nitrogen and oxygen atoms in total. The van der Waals surface area contributed by atoms with Gasteiger partial charge in [-0.2, -0.15) is 0 Å². The molecule has 2 heterocycles. The molecule has 6 heteroatoms. The van der Waals surface area contributed by atoms with Crippen LogP contribution in [0, 0.1) is 6.92 Å². The number of hydrogen-bond donors (Lipinski definition) is 0. The normalized spacial score (nSPS) is 11.2. The molecule has 132 valence electrons. The molecule has 0 N–H and O–H groups in total.